The predicted molar refractivity (Wildman–Crippen MR) is 196 cm³/mol. The Kier molecular flexibility index (Phi) is 7.08. The minimum Gasteiger partial charge on any atom is -0.350 e. The Bertz CT molecular complexity index is 2400. The van der Waals surface area contributed by atoms with Gasteiger partial charge in [-0.05, 0) is 80.8 Å². The van der Waals surface area contributed by atoms with Gasteiger partial charge in [-0.1, -0.05) is 60.7 Å². The Balaban J connectivity index is 1.06. The number of hydrogen-bond acceptors (Lipinski definition) is 6. The summed E-state index contributed by atoms with van der Waals surface area (Å²) < 4.78 is 0. The molecule has 2 aliphatic rings. The van der Waals surface area contributed by atoms with Crippen molar-refractivity contribution in [3.8, 4) is 0 Å². The maximum absolute atomic E-state index is 13.8. The van der Waals surface area contributed by atoms with Gasteiger partial charge in [-0.2, -0.15) is 0 Å². The van der Waals surface area contributed by atoms with Crippen LogP contribution in [0.15, 0.2) is 109 Å². The fourth-order valence-electron chi connectivity index (χ4n) is 7.72. The second-order valence-corrected chi connectivity index (χ2v) is 12.9. The van der Waals surface area contributed by atoms with Gasteiger partial charge in [-0.15, -0.1) is 0 Å². The molecular weight excluding hydrogens is 656 g/mol. The topological polar surface area (TPSA) is 133 Å². The lowest BCUT2D eigenvalue weighted by atomic mass is 9.82. The van der Waals surface area contributed by atoms with Gasteiger partial charge in [0.2, 0.25) is 0 Å². The fraction of sp³-hybridized carbons (Fsp3) is 0.0952. The van der Waals surface area contributed by atoms with Crippen LogP contribution < -0.4 is 10.6 Å². The van der Waals surface area contributed by atoms with Gasteiger partial charge in [0.1, 0.15) is 0 Å². The van der Waals surface area contributed by atoms with Crippen LogP contribution >= 0.6 is 0 Å². The molecule has 0 fully saturated rings. The van der Waals surface area contributed by atoms with E-state index in [1.165, 1.54) is 9.80 Å². The molecule has 9 rings (SSSR count). The predicted octanol–water partition coefficient (Wildman–Crippen LogP) is 5.79. The molecule has 2 N–H and O–H groups in total. The minimum absolute atomic E-state index is 0.00679. The van der Waals surface area contributed by atoms with Crippen molar-refractivity contribution in [2.45, 2.75) is 0 Å². The standard InChI is InChI=1S/C42H28N4O6/c47-37(23-7-3-1-4-8-23)43-19-21-45-39(49)29-15-11-25-27-13-17-31-36-32(18-14-28(34(27)36)26-12-16-30(40(45)50)35(29)33(25)26)42(52)46(41(31)51)22-20-44-38(48)24-9-5-2-6-10-24/h1-18H,19-22H2,(H,43,47)(H,44,48). The molecule has 252 valence electrons. The third-order valence-electron chi connectivity index (χ3n) is 10.1. The SMILES string of the molecule is O=C(NCCN1C(=O)c2ccc3c4ccc5c6c(ccc(c7ccc(c2c37)C1=O)c64)C(=O)N(CCNC(=O)c1ccccc1)C5=O)c1ccccc1. The number of nitrogens with zero attached hydrogens (tertiary/aromatic N) is 2. The molecule has 0 aromatic heterocycles. The largest absolute Gasteiger partial charge is 0.350 e. The first-order valence-electron chi connectivity index (χ1n) is 16.9. The summed E-state index contributed by atoms with van der Waals surface area (Å²) >= 11 is 0. The minimum atomic E-state index is -0.442. The molecule has 2 aliphatic heterocycles. The first kappa shape index (κ1) is 31.1. The number of imide groups is 2. The molecule has 0 spiro atoms. The summed E-state index contributed by atoms with van der Waals surface area (Å²) in [5.74, 6) is -2.35. The van der Waals surface area contributed by atoms with Crippen LogP contribution in [-0.4, -0.2) is 71.4 Å². The number of amides is 6. The Morgan fingerprint density at radius 1 is 0.404 bits per heavy atom. The Morgan fingerprint density at radius 2 is 0.712 bits per heavy atom. The van der Waals surface area contributed by atoms with Crippen molar-refractivity contribution in [2.75, 3.05) is 26.2 Å². The van der Waals surface area contributed by atoms with Gasteiger partial charge in [-0.25, -0.2) is 0 Å². The number of carbonyl (C=O) groups is 6. The zero-order valence-corrected chi connectivity index (χ0v) is 27.6. The van der Waals surface area contributed by atoms with Crippen LogP contribution in [-0.2, 0) is 0 Å². The molecule has 0 atom stereocenters. The average molecular weight is 685 g/mol. The second kappa shape index (κ2) is 11.8. The molecule has 0 unspecified atom stereocenters. The summed E-state index contributed by atoms with van der Waals surface area (Å²) in [6, 6.07) is 31.7. The van der Waals surface area contributed by atoms with Crippen LogP contribution in [0.2, 0.25) is 0 Å². The summed E-state index contributed by atoms with van der Waals surface area (Å²) in [5.41, 5.74) is 2.52. The van der Waals surface area contributed by atoms with Crippen molar-refractivity contribution in [2.24, 2.45) is 0 Å². The number of hydrogen-bond donors (Lipinski definition) is 2. The van der Waals surface area contributed by atoms with Crippen molar-refractivity contribution in [1.29, 1.82) is 0 Å². The quantitative estimate of drug-likeness (QED) is 0.118. The lowest BCUT2D eigenvalue weighted by Crippen LogP contribution is -2.44. The fourth-order valence-corrected chi connectivity index (χ4v) is 7.72. The molecule has 52 heavy (non-hydrogen) atoms. The van der Waals surface area contributed by atoms with E-state index in [9.17, 15) is 28.8 Å². The monoisotopic (exact) mass is 684 g/mol. The van der Waals surface area contributed by atoms with E-state index in [1.807, 2.05) is 36.4 Å². The van der Waals surface area contributed by atoms with Crippen LogP contribution in [0.3, 0.4) is 0 Å². The van der Waals surface area contributed by atoms with Crippen LogP contribution in [0.25, 0.3) is 43.1 Å². The van der Waals surface area contributed by atoms with Gasteiger partial charge >= 0.3 is 0 Å². The number of fused-ring (bicyclic) bond motifs is 2. The zero-order valence-electron chi connectivity index (χ0n) is 27.6. The zero-order chi connectivity index (χ0) is 35.7. The summed E-state index contributed by atoms with van der Waals surface area (Å²) in [6.07, 6.45) is 0. The van der Waals surface area contributed by atoms with Crippen molar-refractivity contribution in [1.82, 2.24) is 20.4 Å². The number of rotatable bonds is 8. The summed E-state index contributed by atoms with van der Waals surface area (Å²) in [5, 5.41) is 11.4. The highest BCUT2D eigenvalue weighted by Gasteiger charge is 2.36. The summed E-state index contributed by atoms with van der Waals surface area (Å²) in [6.45, 7) is 0.202. The lowest BCUT2D eigenvalue weighted by molar-refractivity contribution is 0.0594. The van der Waals surface area contributed by atoms with E-state index in [0.717, 1.165) is 32.3 Å². The Morgan fingerprint density at radius 3 is 1.02 bits per heavy atom. The maximum atomic E-state index is 13.8. The first-order valence-corrected chi connectivity index (χ1v) is 16.9. The molecule has 10 nitrogen and oxygen atoms in total. The number of benzene rings is 7. The van der Waals surface area contributed by atoms with Crippen molar-refractivity contribution >= 4 is 78.5 Å². The third-order valence-corrected chi connectivity index (χ3v) is 10.1. The highest BCUT2D eigenvalue weighted by Crippen LogP contribution is 2.46. The number of nitrogens with one attached hydrogen (secondary N) is 2. The molecule has 7 aromatic rings. The third kappa shape index (κ3) is 4.57. The van der Waals surface area contributed by atoms with E-state index < -0.39 is 23.6 Å². The van der Waals surface area contributed by atoms with Crippen LogP contribution in [0.1, 0.15) is 62.1 Å². The highest BCUT2D eigenvalue weighted by atomic mass is 16.2. The van der Waals surface area contributed by atoms with Crippen LogP contribution in [0.5, 0.6) is 0 Å². The summed E-state index contributed by atoms with van der Waals surface area (Å²) in [4.78, 5) is 82.8. The van der Waals surface area contributed by atoms with E-state index in [1.54, 1.807) is 72.8 Å². The van der Waals surface area contributed by atoms with Gasteiger partial charge in [-0.3, -0.25) is 38.6 Å². The molecular formula is C42H28N4O6. The molecule has 0 radical (unpaired) electrons. The van der Waals surface area contributed by atoms with Crippen molar-refractivity contribution in [3.63, 3.8) is 0 Å². The Labute approximate surface area is 295 Å². The van der Waals surface area contributed by atoms with E-state index >= 15 is 0 Å². The van der Waals surface area contributed by atoms with Gasteiger partial charge in [0.25, 0.3) is 35.4 Å². The smallest absolute Gasteiger partial charge is 0.261 e. The lowest BCUT2D eigenvalue weighted by Gasteiger charge is -2.30. The first-order chi connectivity index (χ1) is 25.3. The molecule has 0 saturated heterocycles. The van der Waals surface area contributed by atoms with Crippen LogP contribution in [0.4, 0.5) is 0 Å². The summed E-state index contributed by atoms with van der Waals surface area (Å²) in [7, 11) is 0. The molecule has 0 bridgehead atoms. The Hall–Kier alpha value is -6.94. The molecule has 7 aromatic carbocycles. The van der Waals surface area contributed by atoms with E-state index in [2.05, 4.69) is 10.6 Å². The molecule has 10 heteroatoms. The van der Waals surface area contributed by atoms with Gasteiger partial charge in [0.15, 0.2) is 0 Å². The van der Waals surface area contributed by atoms with E-state index in [4.69, 9.17) is 0 Å². The van der Waals surface area contributed by atoms with Gasteiger partial charge < -0.3 is 10.6 Å². The van der Waals surface area contributed by atoms with E-state index in [-0.39, 0.29) is 38.0 Å². The van der Waals surface area contributed by atoms with E-state index in [0.29, 0.717) is 44.2 Å². The van der Waals surface area contributed by atoms with Gasteiger partial charge in [0.05, 0.1) is 0 Å². The second-order valence-electron chi connectivity index (χ2n) is 12.9. The molecule has 0 saturated carbocycles. The average Bonchev–Trinajstić information content (AvgIpc) is 3.18. The van der Waals surface area contributed by atoms with Gasteiger partial charge in [0, 0.05) is 70.3 Å². The highest BCUT2D eigenvalue weighted by molar-refractivity contribution is 6.41. The van der Waals surface area contributed by atoms with Crippen LogP contribution in [0, 0.1) is 0 Å². The normalized spacial score (nSPS) is 13.9. The van der Waals surface area contributed by atoms with Crippen molar-refractivity contribution in [3.05, 3.63) is 143 Å². The molecule has 0 aliphatic carbocycles. The van der Waals surface area contributed by atoms with Crippen molar-refractivity contribution < 1.29 is 28.8 Å². The molecule has 6 amide bonds. The maximum Gasteiger partial charge on any atom is 0.261 e. The number of carbonyl (C=O) groups excluding carboxylic acids is 6. The molecule has 2 heterocycles.